The van der Waals surface area contributed by atoms with Gasteiger partial charge in [-0.2, -0.15) is 5.26 Å². The monoisotopic (exact) mass is 189 g/mol. The van der Waals surface area contributed by atoms with Gasteiger partial charge in [0, 0.05) is 5.56 Å². The molecule has 0 aliphatic rings. The standard InChI is InChI=1S/C9H7N3O2/c10-5-6-1-3-7(4-2-6)8(13)12-9(11)14/h1-4H,(H3,11,12,13,14). The minimum atomic E-state index is -0.903. The van der Waals surface area contributed by atoms with Crippen LogP contribution < -0.4 is 11.1 Å². The van der Waals surface area contributed by atoms with E-state index in [2.05, 4.69) is 0 Å². The number of primary amides is 1. The summed E-state index contributed by atoms with van der Waals surface area (Å²) in [6.07, 6.45) is 0. The maximum Gasteiger partial charge on any atom is 0.319 e. The number of imide groups is 1. The lowest BCUT2D eigenvalue weighted by molar-refractivity contribution is 0.0966. The Morgan fingerprint density at radius 1 is 1.29 bits per heavy atom. The lowest BCUT2D eigenvalue weighted by atomic mass is 10.1. The summed E-state index contributed by atoms with van der Waals surface area (Å²) in [7, 11) is 0. The van der Waals surface area contributed by atoms with Crippen molar-refractivity contribution in [3.8, 4) is 6.07 Å². The normalized spacial score (nSPS) is 8.79. The average molecular weight is 189 g/mol. The summed E-state index contributed by atoms with van der Waals surface area (Å²) < 4.78 is 0. The van der Waals surface area contributed by atoms with Crippen molar-refractivity contribution in [2.75, 3.05) is 0 Å². The summed E-state index contributed by atoms with van der Waals surface area (Å²) in [5.41, 5.74) is 5.49. The maximum absolute atomic E-state index is 11.2. The molecule has 14 heavy (non-hydrogen) atoms. The third kappa shape index (κ3) is 2.32. The van der Waals surface area contributed by atoms with Gasteiger partial charge in [0.25, 0.3) is 5.91 Å². The molecule has 0 aromatic heterocycles. The number of nitrogens with one attached hydrogen (secondary N) is 1. The predicted octanol–water partition coefficient (Wildman–Crippen LogP) is 0.367. The Morgan fingerprint density at radius 3 is 2.29 bits per heavy atom. The highest BCUT2D eigenvalue weighted by Gasteiger charge is 2.06. The molecule has 1 aromatic rings. The van der Waals surface area contributed by atoms with E-state index >= 15 is 0 Å². The molecule has 3 amide bonds. The predicted molar refractivity (Wildman–Crippen MR) is 48.2 cm³/mol. The summed E-state index contributed by atoms with van der Waals surface area (Å²) >= 11 is 0. The first-order valence-electron chi connectivity index (χ1n) is 3.74. The Balaban J connectivity index is 2.83. The number of hydrogen-bond acceptors (Lipinski definition) is 3. The second kappa shape index (κ2) is 4.05. The third-order valence-electron chi connectivity index (χ3n) is 1.51. The van der Waals surface area contributed by atoms with E-state index in [9.17, 15) is 9.59 Å². The molecule has 0 radical (unpaired) electrons. The zero-order valence-electron chi connectivity index (χ0n) is 7.15. The van der Waals surface area contributed by atoms with Gasteiger partial charge in [-0.1, -0.05) is 0 Å². The van der Waals surface area contributed by atoms with Crippen LogP contribution in [-0.4, -0.2) is 11.9 Å². The molecule has 0 heterocycles. The molecule has 0 unspecified atom stereocenters. The minimum Gasteiger partial charge on any atom is -0.351 e. The van der Waals surface area contributed by atoms with Gasteiger partial charge in [0.15, 0.2) is 0 Å². The number of hydrogen-bond donors (Lipinski definition) is 2. The van der Waals surface area contributed by atoms with E-state index < -0.39 is 11.9 Å². The fourth-order valence-electron chi connectivity index (χ4n) is 0.880. The van der Waals surface area contributed by atoms with Crippen molar-refractivity contribution in [1.29, 1.82) is 5.26 Å². The van der Waals surface area contributed by atoms with E-state index in [1.165, 1.54) is 24.3 Å². The van der Waals surface area contributed by atoms with Gasteiger partial charge >= 0.3 is 6.03 Å². The molecule has 0 bridgehead atoms. The zero-order valence-corrected chi connectivity index (χ0v) is 7.15. The van der Waals surface area contributed by atoms with Crippen molar-refractivity contribution >= 4 is 11.9 Å². The van der Waals surface area contributed by atoms with Crippen molar-refractivity contribution in [1.82, 2.24) is 5.32 Å². The molecule has 0 aliphatic heterocycles. The SMILES string of the molecule is N#Cc1ccc(C(=O)NC(N)=O)cc1. The van der Waals surface area contributed by atoms with Crippen molar-refractivity contribution < 1.29 is 9.59 Å². The van der Waals surface area contributed by atoms with Crippen LogP contribution in [0.3, 0.4) is 0 Å². The van der Waals surface area contributed by atoms with Crippen molar-refractivity contribution in [3.63, 3.8) is 0 Å². The van der Waals surface area contributed by atoms with Crippen LogP contribution in [0.4, 0.5) is 4.79 Å². The number of nitrogens with two attached hydrogens (primary N) is 1. The van der Waals surface area contributed by atoms with Crippen molar-refractivity contribution in [3.05, 3.63) is 35.4 Å². The molecule has 3 N–H and O–H groups in total. The molecule has 5 heteroatoms. The van der Waals surface area contributed by atoms with Gasteiger partial charge in [0.1, 0.15) is 0 Å². The smallest absolute Gasteiger partial charge is 0.319 e. The molecule has 0 atom stereocenters. The zero-order chi connectivity index (χ0) is 10.6. The Kier molecular flexibility index (Phi) is 2.82. The molecule has 0 saturated carbocycles. The molecule has 1 aromatic carbocycles. The molecule has 70 valence electrons. The van der Waals surface area contributed by atoms with Crippen molar-refractivity contribution in [2.24, 2.45) is 5.73 Å². The van der Waals surface area contributed by atoms with Crippen LogP contribution in [0.2, 0.25) is 0 Å². The molecule has 5 nitrogen and oxygen atoms in total. The number of benzene rings is 1. The summed E-state index contributed by atoms with van der Waals surface area (Å²) in [5, 5.41) is 10.4. The molecule has 0 spiro atoms. The van der Waals surface area contributed by atoms with Gasteiger partial charge in [-0.15, -0.1) is 0 Å². The van der Waals surface area contributed by atoms with Gasteiger partial charge in [0.2, 0.25) is 0 Å². The maximum atomic E-state index is 11.2. The molecule has 0 saturated heterocycles. The number of carbonyl (C=O) groups is 2. The first-order valence-corrected chi connectivity index (χ1v) is 3.74. The van der Waals surface area contributed by atoms with Crippen LogP contribution in [-0.2, 0) is 0 Å². The molecular formula is C9H7N3O2. The lowest BCUT2D eigenvalue weighted by Crippen LogP contribution is -2.34. The summed E-state index contributed by atoms with van der Waals surface area (Å²) in [6, 6.07) is 6.85. The van der Waals surface area contributed by atoms with Crippen LogP contribution in [0, 0.1) is 11.3 Å². The van der Waals surface area contributed by atoms with E-state index in [0.29, 0.717) is 5.56 Å². The number of rotatable bonds is 1. The number of amides is 3. The van der Waals surface area contributed by atoms with Crippen LogP contribution in [0.15, 0.2) is 24.3 Å². The molecule has 1 rings (SSSR count). The second-order valence-electron chi connectivity index (χ2n) is 2.51. The average Bonchev–Trinajstić information content (AvgIpc) is 2.17. The summed E-state index contributed by atoms with van der Waals surface area (Å²) in [4.78, 5) is 21.5. The van der Waals surface area contributed by atoms with Gasteiger partial charge in [-0.25, -0.2) is 4.79 Å². The van der Waals surface area contributed by atoms with Crippen LogP contribution in [0.5, 0.6) is 0 Å². The van der Waals surface area contributed by atoms with E-state index in [-0.39, 0.29) is 5.56 Å². The van der Waals surface area contributed by atoms with Crippen LogP contribution >= 0.6 is 0 Å². The highest BCUT2D eigenvalue weighted by Crippen LogP contribution is 2.02. The van der Waals surface area contributed by atoms with E-state index in [1.807, 2.05) is 11.4 Å². The number of nitrogens with zero attached hydrogens (tertiary/aromatic N) is 1. The quantitative estimate of drug-likeness (QED) is 0.667. The molecule has 0 aliphatic carbocycles. The first-order chi connectivity index (χ1) is 6.63. The highest BCUT2D eigenvalue weighted by molar-refractivity contribution is 6.03. The number of urea groups is 1. The van der Waals surface area contributed by atoms with Crippen molar-refractivity contribution in [2.45, 2.75) is 0 Å². The highest BCUT2D eigenvalue weighted by atomic mass is 16.2. The van der Waals surface area contributed by atoms with Gasteiger partial charge in [0.05, 0.1) is 11.6 Å². The lowest BCUT2D eigenvalue weighted by Gasteiger charge is -1.99. The first kappa shape index (κ1) is 9.74. The van der Waals surface area contributed by atoms with Gasteiger partial charge in [-0.3, -0.25) is 10.1 Å². The Morgan fingerprint density at radius 2 is 1.86 bits per heavy atom. The topological polar surface area (TPSA) is 96.0 Å². The number of carbonyl (C=O) groups excluding carboxylic acids is 2. The summed E-state index contributed by atoms with van der Waals surface area (Å²) in [6.45, 7) is 0. The Hall–Kier alpha value is -2.35. The Bertz CT molecular complexity index is 403. The van der Waals surface area contributed by atoms with Crippen LogP contribution in [0.1, 0.15) is 15.9 Å². The number of nitriles is 1. The fourth-order valence-corrected chi connectivity index (χ4v) is 0.880. The third-order valence-corrected chi connectivity index (χ3v) is 1.51. The van der Waals surface area contributed by atoms with Crippen LogP contribution in [0.25, 0.3) is 0 Å². The minimum absolute atomic E-state index is 0.280. The van der Waals surface area contributed by atoms with Gasteiger partial charge in [-0.05, 0) is 24.3 Å². The van der Waals surface area contributed by atoms with E-state index in [0.717, 1.165) is 0 Å². The molecular weight excluding hydrogens is 182 g/mol. The summed E-state index contributed by atoms with van der Waals surface area (Å²) in [5.74, 6) is -0.581. The fraction of sp³-hybridized carbons (Fsp3) is 0. The second-order valence-corrected chi connectivity index (χ2v) is 2.51. The largest absolute Gasteiger partial charge is 0.351 e. The molecule has 0 fully saturated rings. The van der Waals surface area contributed by atoms with E-state index in [4.69, 9.17) is 11.0 Å². The Labute approximate surface area is 80.1 Å². The van der Waals surface area contributed by atoms with Gasteiger partial charge < -0.3 is 5.73 Å². The van der Waals surface area contributed by atoms with E-state index in [1.54, 1.807) is 0 Å².